The van der Waals surface area contributed by atoms with Gasteiger partial charge in [-0.15, -0.1) is 0 Å². The Bertz CT molecular complexity index is 210. The molecule has 4 heteroatoms. The molecule has 1 aromatic rings. The van der Waals surface area contributed by atoms with E-state index in [1.807, 2.05) is 0 Å². The van der Waals surface area contributed by atoms with Gasteiger partial charge in [0, 0.05) is 12.5 Å². The number of nitrogens with zero attached hydrogens (tertiary/aromatic N) is 1. The fourth-order valence-corrected chi connectivity index (χ4v) is 0.784. The van der Waals surface area contributed by atoms with Crippen LogP contribution in [-0.4, -0.2) is 18.8 Å². The summed E-state index contributed by atoms with van der Waals surface area (Å²) >= 11 is 0. The van der Waals surface area contributed by atoms with Gasteiger partial charge in [-0.1, -0.05) is 0 Å². The van der Waals surface area contributed by atoms with Crippen LogP contribution in [0.1, 0.15) is 12.2 Å². The smallest absolute Gasteiger partial charge is 0.254 e. The molecule has 0 saturated heterocycles. The lowest BCUT2D eigenvalue weighted by Crippen LogP contribution is -1.99. The first-order chi connectivity index (χ1) is 5.36. The third kappa shape index (κ3) is 2.23. The topological polar surface area (TPSA) is 61.3 Å². The molecule has 0 fully saturated rings. The molecule has 0 amide bonds. The first kappa shape index (κ1) is 8.07. The fourth-order valence-electron chi connectivity index (χ4n) is 0.784. The van der Waals surface area contributed by atoms with Crippen LogP contribution in [0.4, 0.5) is 0 Å². The van der Waals surface area contributed by atoms with Crippen molar-refractivity contribution in [2.75, 3.05) is 13.7 Å². The summed E-state index contributed by atoms with van der Waals surface area (Å²) in [5, 5.41) is 3.65. The van der Waals surface area contributed by atoms with Crippen LogP contribution in [0, 0.1) is 0 Å². The number of hydrogen-bond acceptors (Lipinski definition) is 4. The first-order valence-electron chi connectivity index (χ1n) is 3.56. The molecule has 62 valence electrons. The molecule has 0 radical (unpaired) electrons. The van der Waals surface area contributed by atoms with Crippen molar-refractivity contribution in [2.24, 2.45) is 5.73 Å². The summed E-state index contributed by atoms with van der Waals surface area (Å²) in [4.78, 5) is 0. The van der Waals surface area contributed by atoms with Gasteiger partial charge in [0.15, 0.2) is 0 Å². The van der Waals surface area contributed by atoms with Crippen LogP contribution in [0.15, 0.2) is 10.6 Å². The van der Waals surface area contributed by atoms with Crippen LogP contribution in [0.5, 0.6) is 5.88 Å². The third-order valence-corrected chi connectivity index (χ3v) is 1.37. The van der Waals surface area contributed by atoms with Crippen LogP contribution in [0.25, 0.3) is 0 Å². The SMILES string of the molecule is COc1cc(CCCN)on1. The highest BCUT2D eigenvalue weighted by Gasteiger charge is 2.01. The molecule has 0 aliphatic carbocycles. The maximum absolute atomic E-state index is 5.32. The Balaban J connectivity index is 2.44. The zero-order chi connectivity index (χ0) is 8.10. The largest absolute Gasteiger partial charge is 0.479 e. The summed E-state index contributed by atoms with van der Waals surface area (Å²) in [5.41, 5.74) is 5.32. The van der Waals surface area contributed by atoms with Crippen molar-refractivity contribution in [3.63, 3.8) is 0 Å². The van der Waals surface area contributed by atoms with E-state index in [9.17, 15) is 0 Å². The molecule has 0 unspecified atom stereocenters. The number of aryl methyl sites for hydroxylation is 1. The lowest BCUT2D eigenvalue weighted by atomic mass is 10.2. The number of hydrogen-bond donors (Lipinski definition) is 1. The second-order valence-corrected chi connectivity index (χ2v) is 2.23. The van der Waals surface area contributed by atoms with E-state index in [1.165, 1.54) is 0 Å². The number of ether oxygens (including phenoxy) is 1. The highest BCUT2D eigenvalue weighted by atomic mass is 16.5. The average molecular weight is 156 g/mol. The summed E-state index contributed by atoms with van der Waals surface area (Å²) in [6.45, 7) is 0.670. The summed E-state index contributed by atoms with van der Waals surface area (Å²) in [5.74, 6) is 1.35. The monoisotopic (exact) mass is 156 g/mol. The van der Waals surface area contributed by atoms with Gasteiger partial charge in [0.2, 0.25) is 0 Å². The van der Waals surface area contributed by atoms with E-state index in [0.717, 1.165) is 18.6 Å². The standard InChI is InChI=1S/C7H12N2O2/c1-10-7-5-6(11-9-7)3-2-4-8/h5H,2-4,8H2,1H3. The van der Waals surface area contributed by atoms with E-state index in [-0.39, 0.29) is 0 Å². The highest BCUT2D eigenvalue weighted by Crippen LogP contribution is 2.11. The normalized spacial score (nSPS) is 10.0. The van der Waals surface area contributed by atoms with Gasteiger partial charge in [-0.3, -0.25) is 0 Å². The third-order valence-electron chi connectivity index (χ3n) is 1.37. The quantitative estimate of drug-likeness (QED) is 0.692. The molecule has 0 aliphatic heterocycles. The maximum Gasteiger partial charge on any atom is 0.254 e. The van der Waals surface area contributed by atoms with E-state index in [1.54, 1.807) is 13.2 Å². The Hall–Kier alpha value is -1.03. The number of rotatable bonds is 4. The van der Waals surface area contributed by atoms with Gasteiger partial charge in [-0.2, -0.15) is 0 Å². The lowest BCUT2D eigenvalue weighted by Gasteiger charge is -1.88. The Morgan fingerprint density at radius 1 is 1.73 bits per heavy atom. The molecule has 0 saturated carbocycles. The van der Waals surface area contributed by atoms with Gasteiger partial charge < -0.3 is 15.0 Å². The Morgan fingerprint density at radius 2 is 2.55 bits per heavy atom. The maximum atomic E-state index is 5.32. The van der Waals surface area contributed by atoms with E-state index in [4.69, 9.17) is 15.0 Å². The predicted molar refractivity (Wildman–Crippen MR) is 40.4 cm³/mol. The zero-order valence-corrected chi connectivity index (χ0v) is 6.54. The Morgan fingerprint density at radius 3 is 3.09 bits per heavy atom. The Kier molecular flexibility index (Phi) is 2.92. The minimum atomic E-state index is 0.525. The molecular formula is C7H12N2O2. The van der Waals surface area contributed by atoms with Gasteiger partial charge in [-0.25, -0.2) is 0 Å². The van der Waals surface area contributed by atoms with Gasteiger partial charge in [0.25, 0.3) is 5.88 Å². The number of nitrogens with two attached hydrogens (primary N) is 1. The van der Waals surface area contributed by atoms with E-state index in [0.29, 0.717) is 12.4 Å². The number of aromatic nitrogens is 1. The fraction of sp³-hybridized carbons (Fsp3) is 0.571. The second kappa shape index (κ2) is 3.98. The summed E-state index contributed by atoms with van der Waals surface area (Å²) in [7, 11) is 1.56. The van der Waals surface area contributed by atoms with E-state index < -0.39 is 0 Å². The predicted octanol–water partition coefficient (Wildman–Crippen LogP) is 0.575. The van der Waals surface area contributed by atoms with E-state index >= 15 is 0 Å². The van der Waals surface area contributed by atoms with Crippen molar-refractivity contribution in [1.82, 2.24) is 5.16 Å². The molecule has 4 nitrogen and oxygen atoms in total. The van der Waals surface area contributed by atoms with Crippen LogP contribution in [0.3, 0.4) is 0 Å². The average Bonchev–Trinajstić information content (AvgIpc) is 2.48. The highest BCUT2D eigenvalue weighted by molar-refractivity contribution is 5.10. The molecule has 0 aromatic carbocycles. The van der Waals surface area contributed by atoms with Crippen molar-refractivity contribution >= 4 is 0 Å². The van der Waals surface area contributed by atoms with Crippen LogP contribution >= 0.6 is 0 Å². The second-order valence-electron chi connectivity index (χ2n) is 2.23. The minimum absolute atomic E-state index is 0.525. The van der Waals surface area contributed by atoms with Crippen molar-refractivity contribution < 1.29 is 9.26 Å². The summed E-state index contributed by atoms with van der Waals surface area (Å²) in [6.07, 6.45) is 1.74. The van der Waals surface area contributed by atoms with Gasteiger partial charge in [0.05, 0.1) is 7.11 Å². The first-order valence-corrected chi connectivity index (χ1v) is 3.56. The molecule has 1 heterocycles. The molecule has 0 atom stereocenters. The van der Waals surface area contributed by atoms with Crippen LogP contribution < -0.4 is 10.5 Å². The summed E-state index contributed by atoms with van der Waals surface area (Å²) < 4.78 is 9.77. The minimum Gasteiger partial charge on any atom is -0.479 e. The van der Waals surface area contributed by atoms with Gasteiger partial charge in [0.1, 0.15) is 5.76 Å². The lowest BCUT2D eigenvalue weighted by molar-refractivity contribution is 0.326. The zero-order valence-electron chi connectivity index (χ0n) is 6.54. The Labute approximate surface area is 65.3 Å². The van der Waals surface area contributed by atoms with Crippen molar-refractivity contribution in [1.29, 1.82) is 0 Å². The molecule has 1 aromatic heterocycles. The molecular weight excluding hydrogens is 144 g/mol. The number of methoxy groups -OCH3 is 1. The molecule has 2 N–H and O–H groups in total. The molecule has 1 rings (SSSR count). The van der Waals surface area contributed by atoms with Crippen LogP contribution in [-0.2, 0) is 6.42 Å². The van der Waals surface area contributed by atoms with Crippen LogP contribution in [0.2, 0.25) is 0 Å². The molecule has 0 spiro atoms. The van der Waals surface area contributed by atoms with Crippen molar-refractivity contribution in [2.45, 2.75) is 12.8 Å². The molecule has 11 heavy (non-hydrogen) atoms. The summed E-state index contributed by atoms with van der Waals surface area (Å²) in [6, 6.07) is 1.77. The molecule has 0 bridgehead atoms. The van der Waals surface area contributed by atoms with Gasteiger partial charge in [-0.05, 0) is 18.1 Å². The van der Waals surface area contributed by atoms with Gasteiger partial charge >= 0.3 is 0 Å². The van der Waals surface area contributed by atoms with Crippen molar-refractivity contribution in [3.05, 3.63) is 11.8 Å². The molecule has 0 aliphatic rings. The van der Waals surface area contributed by atoms with E-state index in [2.05, 4.69) is 5.16 Å². The van der Waals surface area contributed by atoms with Crippen molar-refractivity contribution in [3.8, 4) is 5.88 Å².